The number of ether oxygens (including phenoxy) is 2. The lowest BCUT2D eigenvalue weighted by atomic mass is 9.87. The molecule has 14 nitrogen and oxygen atoms in total. The maximum atomic E-state index is 14.1. The second kappa shape index (κ2) is 20.3. The first-order chi connectivity index (χ1) is 34.5. The molecular weight excluding hydrogens is 933 g/mol. The second-order valence-corrected chi connectivity index (χ2v) is 19.5. The van der Waals surface area contributed by atoms with Gasteiger partial charge in [0.1, 0.15) is 23.7 Å². The lowest BCUT2D eigenvalue weighted by molar-refractivity contribution is -0.136. The summed E-state index contributed by atoms with van der Waals surface area (Å²) in [6.07, 6.45) is -2.57. The van der Waals surface area contributed by atoms with Crippen molar-refractivity contribution in [3.63, 3.8) is 0 Å². The third-order valence-electron chi connectivity index (χ3n) is 14.2. The van der Waals surface area contributed by atoms with Gasteiger partial charge in [0.05, 0.1) is 48.4 Å². The predicted octanol–water partition coefficient (Wildman–Crippen LogP) is 10.3. The Labute approximate surface area is 413 Å². The Kier molecular flexibility index (Phi) is 14.0. The van der Waals surface area contributed by atoms with Crippen LogP contribution in [-0.2, 0) is 44.7 Å². The molecule has 0 saturated carbocycles. The number of nitrogens with one attached hydrogen (secondary N) is 4. The number of hydrogen-bond acceptors (Lipinski definition) is 8. The SMILES string of the molecule is COC(=O)NC(C(=O)N1CC(=C(F)F)CC1c1nc2ccc(-c3cc4ccc3CCc3ccc(c(-c5ccc6nc(C7CC(=C(F)F)CN7C(=O)C(NC(=O)OC)C(C)C)[nH]c6c5)c3)CC4)cc2[nH]1)C(C)C. The average Bonchev–Trinajstić information content (AvgIpc) is 4.19. The minimum atomic E-state index is -1.84. The van der Waals surface area contributed by atoms with Gasteiger partial charge in [0.15, 0.2) is 0 Å². The molecule has 0 radical (unpaired) electrons. The second-order valence-electron chi connectivity index (χ2n) is 19.5. The summed E-state index contributed by atoms with van der Waals surface area (Å²) >= 11 is 0. The molecule has 12 rings (SSSR count). The number of halogens is 4. The number of rotatable bonds is 10. The maximum absolute atomic E-state index is 14.1. The molecule has 4 atom stereocenters. The first-order valence-electron chi connectivity index (χ1n) is 24.1. The van der Waals surface area contributed by atoms with Crippen LogP contribution in [0.4, 0.5) is 27.2 Å². The van der Waals surface area contributed by atoms with E-state index in [0.29, 0.717) is 33.7 Å². The van der Waals surface area contributed by atoms with Gasteiger partial charge in [-0.3, -0.25) is 9.59 Å². The summed E-state index contributed by atoms with van der Waals surface area (Å²) < 4.78 is 65.9. The third-order valence-corrected chi connectivity index (χ3v) is 14.2. The molecular formula is C54H56F4N8O6. The quantitative estimate of drug-likeness (QED) is 0.0981. The van der Waals surface area contributed by atoms with E-state index in [9.17, 15) is 36.7 Å². The van der Waals surface area contributed by atoms with Crippen LogP contribution in [0.15, 0.2) is 96.1 Å². The number of imidazole rings is 2. The maximum Gasteiger partial charge on any atom is 0.407 e. The highest BCUT2D eigenvalue weighted by Gasteiger charge is 2.42. The first kappa shape index (κ1) is 49.5. The van der Waals surface area contributed by atoms with E-state index < -0.39 is 60.3 Å². The normalized spacial score (nSPS) is 17.7. The molecule has 4 aromatic carbocycles. The van der Waals surface area contributed by atoms with Crippen LogP contribution < -0.4 is 10.6 Å². The average molecular weight is 989 g/mol. The van der Waals surface area contributed by atoms with Gasteiger partial charge in [0, 0.05) is 37.1 Å². The number of alkyl carbamates (subject to hydrolysis) is 2. The number of carbonyl (C=O) groups excluding carboxylic acids is 4. The van der Waals surface area contributed by atoms with Crippen molar-refractivity contribution >= 4 is 46.1 Å². The molecule has 2 fully saturated rings. The number of fused-ring (bicyclic) bond motifs is 2. The summed E-state index contributed by atoms with van der Waals surface area (Å²) in [5.74, 6) is -0.973. The molecule has 4 N–H and O–H groups in total. The molecule has 2 aromatic heterocycles. The van der Waals surface area contributed by atoms with Gasteiger partial charge < -0.3 is 39.9 Å². The van der Waals surface area contributed by atoms with Crippen LogP contribution in [0.25, 0.3) is 44.3 Å². The highest BCUT2D eigenvalue weighted by Crippen LogP contribution is 2.41. The van der Waals surface area contributed by atoms with Crippen LogP contribution in [0.2, 0.25) is 0 Å². The fourth-order valence-electron chi connectivity index (χ4n) is 10.2. The van der Waals surface area contributed by atoms with Crippen LogP contribution in [0, 0.1) is 11.8 Å². The summed E-state index contributed by atoms with van der Waals surface area (Å²) in [6.45, 7) is 6.44. The van der Waals surface area contributed by atoms with Crippen molar-refractivity contribution in [3.05, 3.63) is 130 Å². The summed E-state index contributed by atoms with van der Waals surface area (Å²) in [5, 5.41) is 5.13. The van der Waals surface area contributed by atoms with E-state index in [1.165, 1.54) is 24.0 Å². The van der Waals surface area contributed by atoms with E-state index in [-0.39, 0.29) is 48.9 Å². The molecule has 72 heavy (non-hydrogen) atoms. The van der Waals surface area contributed by atoms with E-state index >= 15 is 0 Å². The number of carbonyl (C=O) groups is 4. The molecule has 18 heteroatoms. The fourth-order valence-corrected chi connectivity index (χ4v) is 10.2. The Balaban J connectivity index is 0.970. The van der Waals surface area contributed by atoms with Crippen LogP contribution in [0.5, 0.6) is 0 Å². The van der Waals surface area contributed by atoms with Gasteiger partial charge in [-0.05, 0) is 106 Å². The van der Waals surface area contributed by atoms with E-state index in [1.54, 1.807) is 27.7 Å². The van der Waals surface area contributed by atoms with Crippen molar-refractivity contribution < 1.29 is 46.2 Å². The van der Waals surface area contributed by atoms with Gasteiger partial charge in [0.2, 0.25) is 11.8 Å². The zero-order valence-corrected chi connectivity index (χ0v) is 40.8. The Morgan fingerprint density at radius 3 is 1.35 bits per heavy atom. The minimum absolute atomic E-state index is 0.108. The minimum Gasteiger partial charge on any atom is -0.453 e. The number of hydrogen-bond donors (Lipinski definition) is 4. The van der Waals surface area contributed by atoms with Gasteiger partial charge in [-0.2, -0.15) is 17.6 Å². The first-order valence-corrected chi connectivity index (χ1v) is 24.1. The molecule has 4 bridgehead atoms. The van der Waals surface area contributed by atoms with Crippen molar-refractivity contribution in [2.75, 3.05) is 27.3 Å². The van der Waals surface area contributed by atoms with Gasteiger partial charge >= 0.3 is 12.2 Å². The number of aryl methyl sites for hydroxylation is 4. The molecule has 2 aliphatic heterocycles. The topological polar surface area (TPSA) is 175 Å². The molecule has 4 unspecified atom stereocenters. The molecule has 4 amide bonds. The summed E-state index contributed by atoms with van der Waals surface area (Å²) in [6, 6.07) is 21.3. The van der Waals surface area contributed by atoms with E-state index in [0.717, 1.165) is 70.2 Å². The van der Waals surface area contributed by atoms with Gasteiger partial charge in [-0.1, -0.05) is 76.2 Å². The van der Waals surface area contributed by atoms with E-state index in [2.05, 4.69) is 57.0 Å². The van der Waals surface area contributed by atoms with Gasteiger partial charge in [-0.25, -0.2) is 19.6 Å². The Morgan fingerprint density at radius 1 is 0.583 bits per heavy atom. The predicted molar refractivity (Wildman–Crippen MR) is 263 cm³/mol. The third kappa shape index (κ3) is 9.90. The summed E-state index contributed by atoms with van der Waals surface area (Å²) in [7, 11) is 2.39. The number of likely N-dealkylation sites (tertiary alicyclic amines) is 2. The van der Waals surface area contributed by atoms with Crippen molar-refractivity contribution in [2.24, 2.45) is 11.8 Å². The number of methoxy groups -OCH3 is 2. The number of H-pyrrole nitrogens is 2. The van der Waals surface area contributed by atoms with Gasteiger partial charge in [-0.15, -0.1) is 0 Å². The highest BCUT2D eigenvalue weighted by molar-refractivity contribution is 5.89. The Bertz CT molecular complexity index is 2960. The molecule has 6 aliphatic rings. The lowest BCUT2D eigenvalue weighted by Gasteiger charge is -2.29. The summed E-state index contributed by atoms with van der Waals surface area (Å²) in [5.41, 5.74) is 10.9. The van der Waals surface area contributed by atoms with E-state index in [4.69, 9.17) is 19.4 Å². The molecule has 0 spiro atoms. The number of aromatic amines is 2. The number of amides is 4. The number of aromatic nitrogens is 4. The van der Waals surface area contributed by atoms with Crippen LogP contribution in [0.1, 0.15) is 86.5 Å². The molecule has 2 saturated heterocycles. The highest BCUT2D eigenvalue weighted by atomic mass is 19.3. The number of benzene rings is 4. The van der Waals surface area contributed by atoms with Crippen LogP contribution in [-0.4, -0.2) is 93.1 Å². The number of nitrogens with zero attached hydrogens (tertiary/aromatic N) is 4. The van der Waals surface area contributed by atoms with Crippen molar-refractivity contribution in [2.45, 2.75) is 90.4 Å². The largest absolute Gasteiger partial charge is 0.453 e. The van der Waals surface area contributed by atoms with Crippen LogP contribution in [0.3, 0.4) is 0 Å². The molecule has 376 valence electrons. The fraction of sp³-hybridized carbons (Fsp3) is 0.370. The zero-order valence-electron chi connectivity index (χ0n) is 40.8. The zero-order chi connectivity index (χ0) is 51.1. The van der Waals surface area contributed by atoms with Crippen molar-refractivity contribution in [1.82, 2.24) is 40.4 Å². The molecule has 4 heterocycles. The summed E-state index contributed by atoms with van der Waals surface area (Å²) in [4.78, 5) is 71.1. The van der Waals surface area contributed by atoms with Gasteiger partial charge in [0.25, 0.3) is 12.2 Å². The lowest BCUT2D eigenvalue weighted by Crippen LogP contribution is -2.51. The Hall–Kier alpha value is -7.50. The Morgan fingerprint density at radius 2 is 0.986 bits per heavy atom. The van der Waals surface area contributed by atoms with E-state index in [1.807, 2.05) is 36.4 Å². The van der Waals surface area contributed by atoms with Crippen LogP contribution >= 0.6 is 0 Å². The monoisotopic (exact) mass is 988 g/mol. The standard InChI is InChI=1S/C54H56F4N8O6/c1-27(2)45(63-53(69)71-5)51(67)65-25-35(47(55)56)23-43(65)49-59-39-17-15-33(21-41(39)61-49)37-19-29-7-11-31(37)13-9-30-8-12-32(14-10-29)38(20-30)34-16-18-40-42(22-34)62-50(60-40)44-24-36(48(57)58)26-66(44)52(68)46(28(3)4)64-54(70)72-6/h7-8,11-12,15-22,27-28,43-46H,9-10,13-14,23-26H2,1-6H3,(H,59,61)(H,60,62)(H,63,69)(H,64,70). The molecule has 6 aromatic rings. The molecule has 4 aliphatic carbocycles. The van der Waals surface area contributed by atoms with Crippen molar-refractivity contribution in [3.8, 4) is 22.3 Å². The smallest absolute Gasteiger partial charge is 0.407 e. The van der Waals surface area contributed by atoms with Crippen molar-refractivity contribution in [1.29, 1.82) is 0 Å².